The number of likely N-dealkylation sites (tertiary alicyclic amines) is 1. The van der Waals surface area contributed by atoms with Crippen LogP contribution in [-0.4, -0.2) is 49.4 Å². The number of aldehydes is 1. The average Bonchev–Trinajstić information content (AvgIpc) is 2.58. The highest BCUT2D eigenvalue weighted by Crippen LogP contribution is 2.38. The molecule has 1 aliphatic heterocycles. The Bertz CT molecular complexity index is 337. The van der Waals surface area contributed by atoms with Gasteiger partial charge in [-0.15, -0.1) is 0 Å². The first kappa shape index (κ1) is 15.2. The molecule has 1 saturated heterocycles. The molecule has 1 N–H and O–H groups in total. The van der Waals surface area contributed by atoms with Crippen LogP contribution in [0.15, 0.2) is 0 Å². The molecule has 0 radical (unpaired) electrons. The first-order valence-electron chi connectivity index (χ1n) is 6.21. The predicted molar refractivity (Wildman–Crippen MR) is 71.3 cm³/mol. The fraction of sp³-hybridized carbons (Fsp3) is 0.833. The lowest BCUT2D eigenvalue weighted by molar-refractivity contribution is -0.111. The summed E-state index contributed by atoms with van der Waals surface area (Å²) in [6.45, 7) is 11.0. The quantitative estimate of drug-likeness (QED) is 0.633. The van der Waals surface area contributed by atoms with Crippen LogP contribution in [0.2, 0.25) is 18.1 Å². The lowest BCUT2D eigenvalue weighted by Gasteiger charge is -2.38. The van der Waals surface area contributed by atoms with E-state index in [-0.39, 0.29) is 11.1 Å². The smallest absolute Gasteiger partial charge is 0.407 e. The summed E-state index contributed by atoms with van der Waals surface area (Å²) in [6, 6.07) is -0.558. The summed E-state index contributed by atoms with van der Waals surface area (Å²) < 4.78 is 6.15. The Kier molecular flexibility index (Phi) is 4.22. The summed E-state index contributed by atoms with van der Waals surface area (Å²) in [5.41, 5.74) is 0. The molecular formula is C12H23NO4Si. The van der Waals surface area contributed by atoms with Gasteiger partial charge >= 0.3 is 6.09 Å². The second kappa shape index (κ2) is 5.01. The Morgan fingerprint density at radius 2 is 2.00 bits per heavy atom. The second-order valence-electron chi connectivity index (χ2n) is 6.37. The highest BCUT2D eigenvalue weighted by atomic mass is 28.4. The van der Waals surface area contributed by atoms with Crippen molar-refractivity contribution >= 4 is 20.7 Å². The molecule has 0 aromatic carbocycles. The van der Waals surface area contributed by atoms with E-state index in [1.807, 2.05) is 0 Å². The number of carbonyl (C=O) groups is 2. The van der Waals surface area contributed by atoms with Crippen molar-refractivity contribution in [1.29, 1.82) is 0 Å². The van der Waals surface area contributed by atoms with E-state index in [9.17, 15) is 9.59 Å². The normalized spacial score (nSPS) is 25.3. The lowest BCUT2D eigenvalue weighted by Crippen LogP contribution is -2.44. The van der Waals surface area contributed by atoms with Gasteiger partial charge in [0.15, 0.2) is 8.32 Å². The molecule has 104 valence electrons. The van der Waals surface area contributed by atoms with Crippen molar-refractivity contribution in [3.63, 3.8) is 0 Å². The van der Waals surface area contributed by atoms with Gasteiger partial charge in [0.2, 0.25) is 0 Å². The largest absolute Gasteiger partial charge is 0.465 e. The van der Waals surface area contributed by atoms with Crippen molar-refractivity contribution in [2.45, 2.75) is 57.5 Å². The number of nitrogens with zero attached hydrogens (tertiary/aromatic N) is 1. The number of carboxylic acid groups (broad SMARTS) is 1. The summed E-state index contributed by atoms with van der Waals surface area (Å²) in [6.07, 6.45) is -0.0311. The van der Waals surface area contributed by atoms with Crippen molar-refractivity contribution in [3.05, 3.63) is 0 Å². The Hall–Kier alpha value is -0.883. The Morgan fingerprint density at radius 1 is 1.44 bits per heavy atom. The first-order chi connectivity index (χ1) is 8.08. The zero-order valence-corrected chi connectivity index (χ0v) is 12.8. The molecule has 1 aliphatic rings. The van der Waals surface area contributed by atoms with Crippen LogP contribution in [-0.2, 0) is 9.22 Å². The maximum Gasteiger partial charge on any atom is 0.407 e. The van der Waals surface area contributed by atoms with Gasteiger partial charge in [0, 0.05) is 13.0 Å². The van der Waals surface area contributed by atoms with Gasteiger partial charge in [-0.05, 0) is 18.1 Å². The van der Waals surface area contributed by atoms with E-state index in [2.05, 4.69) is 33.9 Å². The molecule has 0 bridgehead atoms. The SMILES string of the molecule is CC(C)(C)[Si](C)(C)O[C@H]1C[C@H](C=O)N(C(=O)O)C1. The number of amides is 1. The molecule has 0 unspecified atom stereocenters. The summed E-state index contributed by atoms with van der Waals surface area (Å²) in [7, 11) is -1.91. The average molecular weight is 273 g/mol. The van der Waals surface area contributed by atoms with Crippen LogP contribution < -0.4 is 0 Å². The van der Waals surface area contributed by atoms with Crippen molar-refractivity contribution in [2.75, 3.05) is 6.54 Å². The predicted octanol–water partition coefficient (Wildman–Crippen LogP) is 2.33. The molecule has 1 amide bonds. The van der Waals surface area contributed by atoms with Crippen LogP contribution in [0.1, 0.15) is 27.2 Å². The molecule has 18 heavy (non-hydrogen) atoms. The minimum atomic E-state index is -1.91. The minimum absolute atomic E-state index is 0.0836. The molecule has 1 rings (SSSR count). The van der Waals surface area contributed by atoms with Crippen LogP contribution in [0.3, 0.4) is 0 Å². The second-order valence-corrected chi connectivity index (χ2v) is 11.1. The van der Waals surface area contributed by atoms with Crippen molar-refractivity contribution in [2.24, 2.45) is 0 Å². The van der Waals surface area contributed by atoms with E-state index >= 15 is 0 Å². The van der Waals surface area contributed by atoms with E-state index < -0.39 is 20.5 Å². The molecule has 2 atom stereocenters. The molecule has 0 aromatic heterocycles. The zero-order chi connectivity index (χ0) is 14.1. The molecule has 0 spiro atoms. The first-order valence-corrected chi connectivity index (χ1v) is 9.12. The van der Waals surface area contributed by atoms with Crippen LogP contribution in [0, 0.1) is 0 Å². The molecule has 5 nitrogen and oxygen atoms in total. The van der Waals surface area contributed by atoms with Gasteiger partial charge in [0.25, 0.3) is 0 Å². The third-order valence-corrected chi connectivity index (χ3v) is 8.51. The maximum absolute atomic E-state index is 11.0. The van der Waals surface area contributed by atoms with E-state index in [4.69, 9.17) is 9.53 Å². The van der Waals surface area contributed by atoms with Gasteiger partial charge in [-0.2, -0.15) is 0 Å². The van der Waals surface area contributed by atoms with Gasteiger partial charge in [-0.25, -0.2) is 4.79 Å². The van der Waals surface area contributed by atoms with E-state index in [1.54, 1.807) is 0 Å². The summed E-state index contributed by atoms with van der Waals surface area (Å²) in [5, 5.41) is 9.10. The molecular weight excluding hydrogens is 250 g/mol. The maximum atomic E-state index is 11.0. The van der Waals surface area contributed by atoms with Gasteiger partial charge in [0.1, 0.15) is 6.29 Å². The molecule has 1 fully saturated rings. The van der Waals surface area contributed by atoms with E-state index in [0.717, 1.165) is 0 Å². The molecule has 0 aliphatic carbocycles. The lowest BCUT2D eigenvalue weighted by atomic mass is 10.2. The Labute approximate surface area is 109 Å². The van der Waals surface area contributed by atoms with E-state index in [1.165, 1.54) is 4.90 Å². The fourth-order valence-corrected chi connectivity index (χ4v) is 3.21. The third-order valence-electron chi connectivity index (χ3n) is 3.98. The van der Waals surface area contributed by atoms with Crippen LogP contribution >= 0.6 is 0 Å². The van der Waals surface area contributed by atoms with Crippen molar-refractivity contribution < 1.29 is 19.1 Å². The fourth-order valence-electron chi connectivity index (χ4n) is 1.85. The topological polar surface area (TPSA) is 66.8 Å². The van der Waals surface area contributed by atoms with Gasteiger partial charge in [-0.3, -0.25) is 4.90 Å². The van der Waals surface area contributed by atoms with Crippen LogP contribution in [0.4, 0.5) is 4.79 Å². The summed E-state index contributed by atoms with van der Waals surface area (Å²) in [4.78, 5) is 23.1. The number of carbonyl (C=O) groups excluding carboxylic acids is 1. The third kappa shape index (κ3) is 3.11. The van der Waals surface area contributed by atoms with Gasteiger partial charge in [0.05, 0.1) is 12.1 Å². The van der Waals surface area contributed by atoms with Crippen molar-refractivity contribution in [3.8, 4) is 0 Å². The summed E-state index contributed by atoms with van der Waals surface area (Å²) in [5.74, 6) is 0. The Morgan fingerprint density at radius 3 is 2.33 bits per heavy atom. The number of rotatable bonds is 3. The Balaban J connectivity index is 2.72. The van der Waals surface area contributed by atoms with Crippen LogP contribution in [0.25, 0.3) is 0 Å². The van der Waals surface area contributed by atoms with Crippen molar-refractivity contribution in [1.82, 2.24) is 4.90 Å². The standard InChI is InChI=1S/C12H23NO4Si/c1-12(2,3)18(4,5)17-10-6-9(8-14)13(7-10)11(15)16/h8-10H,6-7H2,1-5H3,(H,15,16)/t9-,10+/m1/s1. The molecule has 6 heteroatoms. The van der Waals surface area contributed by atoms with E-state index in [0.29, 0.717) is 19.3 Å². The van der Waals surface area contributed by atoms with Gasteiger partial charge in [-0.1, -0.05) is 20.8 Å². The molecule has 1 heterocycles. The highest BCUT2D eigenvalue weighted by Gasteiger charge is 2.43. The number of hydrogen-bond donors (Lipinski definition) is 1. The van der Waals surface area contributed by atoms with Gasteiger partial charge < -0.3 is 14.3 Å². The minimum Gasteiger partial charge on any atom is -0.465 e. The highest BCUT2D eigenvalue weighted by molar-refractivity contribution is 6.74. The summed E-state index contributed by atoms with van der Waals surface area (Å²) >= 11 is 0. The monoisotopic (exact) mass is 273 g/mol. The number of hydrogen-bond acceptors (Lipinski definition) is 3. The zero-order valence-electron chi connectivity index (χ0n) is 11.8. The molecule has 0 saturated carbocycles. The molecule has 0 aromatic rings. The van der Waals surface area contributed by atoms with Crippen LogP contribution in [0.5, 0.6) is 0 Å².